The highest BCUT2D eigenvalue weighted by Crippen LogP contribution is 2.01. The fraction of sp³-hybridized carbons (Fsp3) is 0.273. The van der Waals surface area contributed by atoms with E-state index >= 15 is 0 Å². The Bertz CT molecular complexity index is 170. The molecule has 1 atom stereocenters. The Labute approximate surface area is 69.6 Å². The minimum atomic E-state index is 0.371. The molecular formula is C11H16. The summed E-state index contributed by atoms with van der Waals surface area (Å²) in [5.74, 6) is 0.371. The SMILES string of the molecule is C=CC(C=C/C=C\C)/C=C\C. The van der Waals surface area contributed by atoms with Gasteiger partial charge in [-0.05, 0) is 13.8 Å². The van der Waals surface area contributed by atoms with Crippen molar-refractivity contribution in [2.45, 2.75) is 13.8 Å². The number of rotatable bonds is 4. The average Bonchev–Trinajstić information content (AvgIpc) is 2.03. The molecule has 0 N–H and O–H groups in total. The Morgan fingerprint density at radius 2 is 1.73 bits per heavy atom. The Morgan fingerprint density at radius 3 is 2.18 bits per heavy atom. The maximum absolute atomic E-state index is 3.73. The fourth-order valence-electron chi connectivity index (χ4n) is 0.747. The van der Waals surface area contributed by atoms with Crippen LogP contribution in [0.15, 0.2) is 49.1 Å². The van der Waals surface area contributed by atoms with Crippen LogP contribution in [-0.4, -0.2) is 0 Å². The van der Waals surface area contributed by atoms with Crippen molar-refractivity contribution in [3.8, 4) is 0 Å². The third kappa shape index (κ3) is 5.41. The van der Waals surface area contributed by atoms with Gasteiger partial charge in [0, 0.05) is 5.92 Å². The highest BCUT2D eigenvalue weighted by atomic mass is 13.9. The monoisotopic (exact) mass is 148 g/mol. The molecule has 0 aliphatic carbocycles. The molecule has 0 saturated carbocycles. The van der Waals surface area contributed by atoms with Gasteiger partial charge in [0.1, 0.15) is 0 Å². The molecule has 0 rings (SSSR count). The molecule has 0 nitrogen and oxygen atoms in total. The van der Waals surface area contributed by atoms with Gasteiger partial charge < -0.3 is 0 Å². The summed E-state index contributed by atoms with van der Waals surface area (Å²) in [7, 11) is 0. The van der Waals surface area contributed by atoms with Gasteiger partial charge in [-0.2, -0.15) is 0 Å². The predicted octanol–water partition coefficient (Wildman–Crippen LogP) is 3.50. The Balaban J connectivity index is 3.96. The van der Waals surface area contributed by atoms with Gasteiger partial charge in [0.15, 0.2) is 0 Å². The number of allylic oxidation sites excluding steroid dienone is 7. The molecule has 11 heavy (non-hydrogen) atoms. The Hall–Kier alpha value is -1.04. The van der Waals surface area contributed by atoms with E-state index in [1.807, 2.05) is 44.2 Å². The predicted molar refractivity (Wildman–Crippen MR) is 52.5 cm³/mol. The zero-order chi connectivity index (χ0) is 8.53. The molecule has 60 valence electrons. The van der Waals surface area contributed by atoms with Crippen molar-refractivity contribution in [3.63, 3.8) is 0 Å². The fourth-order valence-corrected chi connectivity index (χ4v) is 0.747. The standard InChI is InChI=1S/C11H16/c1-4-7-8-10-11(6-3)9-5-2/h4-11H,3H2,1-2H3/b7-4-,9-5-,10-8?. The molecular weight excluding hydrogens is 132 g/mol. The third-order valence-corrected chi connectivity index (χ3v) is 1.32. The van der Waals surface area contributed by atoms with Crippen LogP contribution in [0.4, 0.5) is 0 Å². The summed E-state index contributed by atoms with van der Waals surface area (Å²) in [6, 6.07) is 0. The van der Waals surface area contributed by atoms with Crippen LogP contribution in [0.2, 0.25) is 0 Å². The zero-order valence-corrected chi connectivity index (χ0v) is 7.33. The molecule has 0 heterocycles. The Morgan fingerprint density at radius 1 is 1.00 bits per heavy atom. The van der Waals surface area contributed by atoms with Crippen LogP contribution in [0, 0.1) is 5.92 Å². The van der Waals surface area contributed by atoms with Gasteiger partial charge in [0.05, 0.1) is 0 Å². The van der Waals surface area contributed by atoms with E-state index in [-0.39, 0.29) is 0 Å². The molecule has 0 fully saturated rings. The van der Waals surface area contributed by atoms with Gasteiger partial charge in [0.2, 0.25) is 0 Å². The maximum Gasteiger partial charge on any atom is 0.0127 e. The lowest BCUT2D eigenvalue weighted by Crippen LogP contribution is -1.82. The van der Waals surface area contributed by atoms with E-state index in [1.54, 1.807) is 0 Å². The zero-order valence-electron chi connectivity index (χ0n) is 7.33. The molecule has 0 heteroatoms. The van der Waals surface area contributed by atoms with Gasteiger partial charge in [0.25, 0.3) is 0 Å². The summed E-state index contributed by atoms with van der Waals surface area (Å²) in [4.78, 5) is 0. The highest BCUT2D eigenvalue weighted by molar-refractivity contribution is 5.12. The molecule has 0 aromatic carbocycles. The van der Waals surface area contributed by atoms with Crippen LogP contribution in [0.3, 0.4) is 0 Å². The van der Waals surface area contributed by atoms with Crippen molar-refractivity contribution in [2.75, 3.05) is 0 Å². The lowest BCUT2D eigenvalue weighted by atomic mass is 10.1. The molecule has 0 spiro atoms. The molecule has 0 aromatic heterocycles. The summed E-state index contributed by atoms with van der Waals surface area (Å²) in [5.41, 5.74) is 0. The largest absolute Gasteiger partial charge is 0.102 e. The minimum Gasteiger partial charge on any atom is -0.102 e. The summed E-state index contributed by atoms with van der Waals surface area (Å²) in [6.07, 6.45) is 14.2. The van der Waals surface area contributed by atoms with Crippen LogP contribution in [0.25, 0.3) is 0 Å². The van der Waals surface area contributed by atoms with Crippen LogP contribution in [0.1, 0.15) is 13.8 Å². The minimum absolute atomic E-state index is 0.371. The van der Waals surface area contributed by atoms with Crippen LogP contribution < -0.4 is 0 Å². The van der Waals surface area contributed by atoms with E-state index in [0.717, 1.165) is 0 Å². The van der Waals surface area contributed by atoms with Crippen LogP contribution >= 0.6 is 0 Å². The van der Waals surface area contributed by atoms with Gasteiger partial charge in [-0.1, -0.05) is 42.5 Å². The summed E-state index contributed by atoms with van der Waals surface area (Å²) in [5, 5.41) is 0. The third-order valence-electron chi connectivity index (χ3n) is 1.32. The lowest BCUT2D eigenvalue weighted by molar-refractivity contribution is 1.07. The first-order valence-electron chi connectivity index (χ1n) is 3.90. The molecule has 0 amide bonds. The van der Waals surface area contributed by atoms with Gasteiger partial charge in [-0.25, -0.2) is 0 Å². The molecule has 0 bridgehead atoms. The molecule has 1 unspecified atom stereocenters. The molecule has 0 aliphatic heterocycles. The van der Waals surface area contributed by atoms with E-state index in [2.05, 4.69) is 18.7 Å². The molecule has 0 aromatic rings. The number of hydrogen-bond donors (Lipinski definition) is 0. The second-order valence-electron chi connectivity index (χ2n) is 2.25. The van der Waals surface area contributed by atoms with Crippen molar-refractivity contribution in [1.82, 2.24) is 0 Å². The smallest absolute Gasteiger partial charge is 0.0127 e. The van der Waals surface area contributed by atoms with Gasteiger partial charge in [-0.3, -0.25) is 0 Å². The molecule has 0 saturated heterocycles. The van der Waals surface area contributed by atoms with E-state index < -0.39 is 0 Å². The van der Waals surface area contributed by atoms with E-state index in [0.29, 0.717) is 5.92 Å². The Kier molecular flexibility index (Phi) is 6.40. The summed E-state index contributed by atoms with van der Waals surface area (Å²) in [6.45, 7) is 7.75. The first-order valence-corrected chi connectivity index (χ1v) is 3.90. The quantitative estimate of drug-likeness (QED) is 0.423. The van der Waals surface area contributed by atoms with Gasteiger partial charge >= 0.3 is 0 Å². The average molecular weight is 148 g/mol. The van der Waals surface area contributed by atoms with Crippen molar-refractivity contribution >= 4 is 0 Å². The molecule has 0 aliphatic rings. The molecule has 0 radical (unpaired) electrons. The van der Waals surface area contributed by atoms with Crippen molar-refractivity contribution in [2.24, 2.45) is 5.92 Å². The van der Waals surface area contributed by atoms with E-state index in [4.69, 9.17) is 0 Å². The topological polar surface area (TPSA) is 0 Å². The lowest BCUT2D eigenvalue weighted by Gasteiger charge is -1.95. The van der Waals surface area contributed by atoms with Crippen molar-refractivity contribution in [1.29, 1.82) is 0 Å². The normalized spacial score (nSPS) is 15.1. The van der Waals surface area contributed by atoms with Crippen LogP contribution in [-0.2, 0) is 0 Å². The van der Waals surface area contributed by atoms with Crippen molar-refractivity contribution < 1.29 is 0 Å². The first-order chi connectivity index (χ1) is 5.35. The number of hydrogen-bond acceptors (Lipinski definition) is 0. The van der Waals surface area contributed by atoms with Crippen molar-refractivity contribution in [3.05, 3.63) is 49.1 Å². The maximum atomic E-state index is 3.73. The van der Waals surface area contributed by atoms with E-state index in [1.165, 1.54) is 0 Å². The first kappa shape index (κ1) is 9.96. The second-order valence-corrected chi connectivity index (χ2v) is 2.25. The second kappa shape index (κ2) is 7.07. The van der Waals surface area contributed by atoms with Gasteiger partial charge in [-0.15, -0.1) is 6.58 Å². The summed E-state index contributed by atoms with van der Waals surface area (Å²) >= 11 is 0. The highest BCUT2D eigenvalue weighted by Gasteiger charge is 1.87. The van der Waals surface area contributed by atoms with E-state index in [9.17, 15) is 0 Å². The van der Waals surface area contributed by atoms with Crippen LogP contribution in [0.5, 0.6) is 0 Å². The summed E-state index contributed by atoms with van der Waals surface area (Å²) < 4.78 is 0.